The van der Waals surface area contributed by atoms with Gasteiger partial charge in [0.25, 0.3) is 10.1 Å². The zero-order chi connectivity index (χ0) is 9.19. The van der Waals surface area contributed by atoms with Crippen molar-refractivity contribution in [3.8, 4) is 0 Å². The van der Waals surface area contributed by atoms with Gasteiger partial charge in [0, 0.05) is 34.5 Å². The van der Waals surface area contributed by atoms with Crippen LogP contribution in [0.2, 0.25) is 0 Å². The first-order chi connectivity index (χ1) is 5.56. The van der Waals surface area contributed by atoms with Crippen LogP contribution in [0.25, 0.3) is 0 Å². The average molecular weight is 227 g/mol. The predicted molar refractivity (Wildman–Crippen MR) is 53.6 cm³/mol. The van der Waals surface area contributed by atoms with Crippen LogP contribution in [0.1, 0.15) is 0 Å². The molecule has 0 aliphatic rings. The van der Waals surface area contributed by atoms with E-state index in [1.807, 2.05) is 0 Å². The van der Waals surface area contributed by atoms with Gasteiger partial charge < -0.3 is 0 Å². The van der Waals surface area contributed by atoms with Crippen molar-refractivity contribution in [2.75, 3.05) is 7.11 Å². The molecule has 0 spiro atoms. The van der Waals surface area contributed by atoms with E-state index in [0.29, 0.717) is 4.90 Å². The second-order valence-electron chi connectivity index (χ2n) is 2.11. The fourth-order valence-corrected chi connectivity index (χ4v) is 1.52. The van der Waals surface area contributed by atoms with Crippen molar-refractivity contribution in [2.24, 2.45) is 0 Å². The SMILES string of the molecule is COS(=O)(=O)c1ccc(S)cc1.[Na]. The van der Waals surface area contributed by atoms with Crippen LogP contribution in [0.5, 0.6) is 0 Å². The van der Waals surface area contributed by atoms with Crippen molar-refractivity contribution < 1.29 is 12.6 Å². The first-order valence-corrected chi connectivity index (χ1v) is 5.01. The van der Waals surface area contributed by atoms with Gasteiger partial charge in [-0.1, -0.05) is 0 Å². The Morgan fingerprint density at radius 3 is 2.08 bits per heavy atom. The van der Waals surface area contributed by atoms with Gasteiger partial charge in [0.2, 0.25) is 0 Å². The Morgan fingerprint density at radius 2 is 1.69 bits per heavy atom. The molecule has 13 heavy (non-hydrogen) atoms. The monoisotopic (exact) mass is 227 g/mol. The van der Waals surface area contributed by atoms with Crippen LogP contribution in [-0.2, 0) is 14.3 Å². The fraction of sp³-hybridized carbons (Fsp3) is 0.143. The Morgan fingerprint density at radius 1 is 1.23 bits per heavy atom. The second kappa shape index (κ2) is 5.38. The van der Waals surface area contributed by atoms with Crippen LogP contribution in [-0.4, -0.2) is 45.1 Å². The summed E-state index contributed by atoms with van der Waals surface area (Å²) in [6.07, 6.45) is 0. The fourth-order valence-electron chi connectivity index (χ4n) is 0.709. The van der Waals surface area contributed by atoms with E-state index < -0.39 is 10.1 Å². The van der Waals surface area contributed by atoms with Crippen LogP contribution in [0.15, 0.2) is 34.1 Å². The minimum atomic E-state index is -3.55. The summed E-state index contributed by atoms with van der Waals surface area (Å²) >= 11 is 4.02. The third-order valence-corrected chi connectivity index (χ3v) is 2.93. The van der Waals surface area contributed by atoms with E-state index in [-0.39, 0.29) is 34.5 Å². The summed E-state index contributed by atoms with van der Waals surface area (Å²) < 4.78 is 26.4. The molecule has 1 rings (SSSR count). The molecule has 0 N–H and O–H groups in total. The van der Waals surface area contributed by atoms with E-state index in [0.717, 1.165) is 7.11 Å². The third-order valence-electron chi connectivity index (χ3n) is 1.34. The van der Waals surface area contributed by atoms with Gasteiger partial charge >= 0.3 is 0 Å². The molecule has 0 amide bonds. The molecule has 0 aliphatic heterocycles. The van der Waals surface area contributed by atoms with Crippen LogP contribution in [0.4, 0.5) is 0 Å². The zero-order valence-electron chi connectivity index (χ0n) is 7.39. The predicted octanol–water partition coefficient (Wildman–Crippen LogP) is 0.930. The third kappa shape index (κ3) is 3.61. The van der Waals surface area contributed by atoms with Gasteiger partial charge in [0.05, 0.1) is 12.0 Å². The molecule has 0 unspecified atom stereocenters. The van der Waals surface area contributed by atoms with E-state index in [2.05, 4.69) is 16.8 Å². The molecule has 0 aromatic heterocycles. The van der Waals surface area contributed by atoms with Crippen molar-refractivity contribution in [3.63, 3.8) is 0 Å². The van der Waals surface area contributed by atoms with Gasteiger partial charge in [-0.3, -0.25) is 4.18 Å². The minimum absolute atomic E-state index is 0. The van der Waals surface area contributed by atoms with Crippen molar-refractivity contribution in [1.29, 1.82) is 0 Å². The maximum absolute atomic E-state index is 11.1. The van der Waals surface area contributed by atoms with Crippen LogP contribution in [0.3, 0.4) is 0 Å². The smallest absolute Gasteiger partial charge is 0.270 e. The summed E-state index contributed by atoms with van der Waals surface area (Å²) in [5.74, 6) is 0. The molecule has 6 heteroatoms. The van der Waals surface area contributed by atoms with E-state index >= 15 is 0 Å². The molecule has 0 saturated heterocycles. The number of benzene rings is 1. The van der Waals surface area contributed by atoms with Gasteiger partial charge in [-0.25, -0.2) is 0 Å². The average Bonchev–Trinajstić information content (AvgIpc) is 2.05. The Labute approximate surface area is 105 Å². The maximum atomic E-state index is 11.1. The topological polar surface area (TPSA) is 43.4 Å². The van der Waals surface area contributed by atoms with Gasteiger partial charge in [-0.2, -0.15) is 8.42 Å². The molecule has 0 aliphatic carbocycles. The largest absolute Gasteiger partial charge is 0.296 e. The molecule has 0 bridgehead atoms. The van der Waals surface area contributed by atoms with Crippen molar-refractivity contribution in [1.82, 2.24) is 0 Å². The van der Waals surface area contributed by atoms with Crippen LogP contribution in [0, 0.1) is 0 Å². The first kappa shape index (κ1) is 13.5. The van der Waals surface area contributed by atoms with Gasteiger partial charge in [0.1, 0.15) is 0 Å². The minimum Gasteiger partial charge on any atom is -0.270 e. The molecule has 0 saturated carbocycles. The Hall–Kier alpha value is 0.480. The number of hydrogen-bond donors (Lipinski definition) is 1. The molecular formula is C7H8NaO3S2. The molecule has 67 valence electrons. The summed E-state index contributed by atoms with van der Waals surface area (Å²) in [4.78, 5) is 0.854. The van der Waals surface area contributed by atoms with Gasteiger partial charge in [-0.05, 0) is 24.3 Å². The molecule has 1 aromatic rings. The normalized spacial score (nSPS) is 10.6. The van der Waals surface area contributed by atoms with Crippen molar-refractivity contribution in [3.05, 3.63) is 24.3 Å². The van der Waals surface area contributed by atoms with Gasteiger partial charge in [0.15, 0.2) is 0 Å². The molecular weight excluding hydrogens is 219 g/mol. The molecule has 1 radical (unpaired) electrons. The first-order valence-electron chi connectivity index (χ1n) is 3.16. The van der Waals surface area contributed by atoms with E-state index in [1.165, 1.54) is 12.1 Å². The summed E-state index contributed by atoms with van der Waals surface area (Å²) in [5.41, 5.74) is 0. The standard InChI is InChI=1S/C7H8O3S2.Na/c1-10-12(8,9)7-4-2-6(11)3-5-7;/h2-5,11H,1H3;. The summed E-state index contributed by atoms with van der Waals surface area (Å²) in [7, 11) is -2.42. The van der Waals surface area contributed by atoms with E-state index in [4.69, 9.17) is 0 Å². The summed E-state index contributed by atoms with van der Waals surface area (Å²) in [5, 5.41) is 0. The Bertz CT molecular complexity index is 358. The number of thiol groups is 1. The van der Waals surface area contributed by atoms with Crippen LogP contribution >= 0.6 is 12.6 Å². The Balaban J connectivity index is 0.00000144. The summed E-state index contributed by atoms with van der Waals surface area (Å²) in [6.45, 7) is 0. The quantitative estimate of drug-likeness (QED) is 0.464. The molecule has 0 atom stereocenters. The molecule has 0 fully saturated rings. The van der Waals surface area contributed by atoms with E-state index in [1.54, 1.807) is 12.1 Å². The van der Waals surface area contributed by atoms with E-state index in [9.17, 15) is 8.42 Å². The van der Waals surface area contributed by atoms with Crippen molar-refractivity contribution >= 4 is 52.3 Å². The maximum Gasteiger partial charge on any atom is 0.296 e. The Kier molecular flexibility index (Phi) is 5.58. The number of rotatable bonds is 2. The van der Waals surface area contributed by atoms with Gasteiger partial charge in [-0.15, -0.1) is 12.6 Å². The zero-order valence-corrected chi connectivity index (χ0v) is 11.1. The second-order valence-corrected chi connectivity index (χ2v) is 4.34. The molecule has 0 heterocycles. The van der Waals surface area contributed by atoms with Crippen LogP contribution < -0.4 is 0 Å². The molecule has 1 aromatic carbocycles. The number of hydrogen-bond acceptors (Lipinski definition) is 4. The summed E-state index contributed by atoms with van der Waals surface area (Å²) in [6, 6.07) is 6.08. The van der Waals surface area contributed by atoms with Crippen molar-refractivity contribution in [2.45, 2.75) is 9.79 Å². The molecule has 3 nitrogen and oxygen atoms in total.